The summed E-state index contributed by atoms with van der Waals surface area (Å²) in [7, 11) is 0. The lowest BCUT2D eigenvalue weighted by atomic mass is 10.0. The van der Waals surface area contributed by atoms with Crippen molar-refractivity contribution < 1.29 is 38.0 Å². The van der Waals surface area contributed by atoms with Crippen molar-refractivity contribution in [1.82, 2.24) is 9.97 Å². The number of hydrogen-bond acceptors (Lipinski definition) is 7. The van der Waals surface area contributed by atoms with Gasteiger partial charge in [0.05, 0.1) is 24.1 Å². The number of amides is 1. The van der Waals surface area contributed by atoms with Crippen molar-refractivity contribution in [1.29, 1.82) is 0 Å². The number of halogens is 3. The molecular weight excluding hydrogens is 455 g/mol. The van der Waals surface area contributed by atoms with E-state index in [0.717, 1.165) is 30.3 Å². The molecule has 0 radical (unpaired) electrons. The lowest BCUT2D eigenvalue weighted by molar-refractivity contribution is -0.0722. The number of aromatic nitrogens is 2. The fourth-order valence-electron chi connectivity index (χ4n) is 3.41. The summed E-state index contributed by atoms with van der Waals surface area (Å²) < 4.78 is 48.1. The quantitative estimate of drug-likeness (QED) is 0.448. The third kappa shape index (κ3) is 4.49. The molecule has 2 aromatic heterocycles. The normalized spacial score (nSPS) is 19.8. The first-order valence-electron chi connectivity index (χ1n) is 10.0. The molecule has 4 N–H and O–H groups in total. The third-order valence-electron chi connectivity index (χ3n) is 5.12. The molecule has 1 aromatic carbocycles. The highest BCUT2D eigenvalue weighted by molar-refractivity contribution is 6.04. The van der Waals surface area contributed by atoms with E-state index in [9.17, 15) is 33.3 Å². The van der Waals surface area contributed by atoms with Crippen LogP contribution in [0.1, 0.15) is 16.1 Å². The Kier molecular flexibility index (Phi) is 6.59. The monoisotopic (exact) mass is 473 g/mol. The summed E-state index contributed by atoms with van der Waals surface area (Å²) in [5.74, 6) is -3.89. The van der Waals surface area contributed by atoms with E-state index < -0.39 is 59.5 Å². The average molecular weight is 473 g/mol. The van der Waals surface area contributed by atoms with Gasteiger partial charge in [0.2, 0.25) is 0 Å². The smallest absolute Gasteiger partial charge is 0.274 e. The van der Waals surface area contributed by atoms with Crippen molar-refractivity contribution >= 4 is 17.4 Å². The maximum Gasteiger partial charge on any atom is 0.274 e. The molecule has 4 rings (SSSR count). The maximum atomic E-state index is 14.3. The summed E-state index contributed by atoms with van der Waals surface area (Å²) in [5, 5.41) is 31.8. The second kappa shape index (κ2) is 9.59. The largest absolute Gasteiger partial charge is 0.485 e. The van der Waals surface area contributed by atoms with Gasteiger partial charge in [0.25, 0.3) is 5.91 Å². The van der Waals surface area contributed by atoms with Crippen LogP contribution < -0.4 is 5.32 Å². The molecule has 176 valence electrons. The Morgan fingerprint density at radius 2 is 1.79 bits per heavy atom. The molecule has 8 nitrogen and oxygen atoms in total. The van der Waals surface area contributed by atoms with Gasteiger partial charge < -0.3 is 25.4 Å². The number of hydrogen-bond donors (Lipinski definition) is 4. The van der Waals surface area contributed by atoms with Crippen LogP contribution in [-0.2, 0) is 4.74 Å². The molecule has 0 saturated carbocycles. The van der Waals surface area contributed by atoms with Crippen LogP contribution >= 0.6 is 0 Å². The van der Waals surface area contributed by atoms with Crippen LogP contribution in [0.5, 0.6) is 0 Å². The Labute approximate surface area is 191 Å². The van der Waals surface area contributed by atoms with Crippen LogP contribution in [0, 0.1) is 17.5 Å². The predicted molar refractivity (Wildman–Crippen MR) is 114 cm³/mol. The number of ether oxygens (including phenoxy) is 1. The van der Waals surface area contributed by atoms with Crippen LogP contribution in [0.25, 0.3) is 17.0 Å². The second-order valence-electron chi connectivity index (χ2n) is 7.35. The first kappa shape index (κ1) is 23.4. The number of carbonyl (C=O) groups is 1. The minimum Gasteiger partial charge on any atom is -0.485 e. The molecule has 1 aliphatic rings. The minimum absolute atomic E-state index is 0.0655. The molecule has 11 heteroatoms. The van der Waals surface area contributed by atoms with Gasteiger partial charge in [0, 0.05) is 11.8 Å². The molecule has 1 amide bonds. The van der Waals surface area contributed by atoms with Crippen molar-refractivity contribution in [2.45, 2.75) is 18.3 Å². The van der Waals surface area contributed by atoms with Gasteiger partial charge in [0.15, 0.2) is 6.10 Å². The zero-order chi connectivity index (χ0) is 24.4. The van der Waals surface area contributed by atoms with E-state index in [1.54, 1.807) is 0 Å². The Balaban J connectivity index is 1.66. The molecule has 3 atom stereocenters. The number of rotatable bonds is 5. The number of nitrogens with one attached hydrogen (secondary N) is 1. The van der Waals surface area contributed by atoms with E-state index in [-0.39, 0.29) is 22.7 Å². The molecule has 0 saturated heterocycles. The second-order valence-corrected chi connectivity index (χ2v) is 7.35. The van der Waals surface area contributed by atoms with Gasteiger partial charge in [-0.15, -0.1) is 0 Å². The van der Waals surface area contributed by atoms with Crippen LogP contribution in [0.2, 0.25) is 0 Å². The number of anilines is 1. The molecule has 1 aliphatic heterocycles. The van der Waals surface area contributed by atoms with Crippen molar-refractivity contribution in [2.24, 2.45) is 0 Å². The summed E-state index contributed by atoms with van der Waals surface area (Å²) >= 11 is 0. The average Bonchev–Trinajstić information content (AvgIpc) is 2.82. The molecule has 0 bridgehead atoms. The molecule has 34 heavy (non-hydrogen) atoms. The van der Waals surface area contributed by atoms with Gasteiger partial charge in [-0.05, 0) is 36.4 Å². The van der Waals surface area contributed by atoms with Crippen molar-refractivity contribution in [3.63, 3.8) is 0 Å². The fraction of sp³-hybridized carbons (Fsp3) is 0.174. The van der Waals surface area contributed by atoms with Gasteiger partial charge in [-0.2, -0.15) is 0 Å². The highest BCUT2D eigenvalue weighted by Crippen LogP contribution is 2.31. The predicted octanol–water partition coefficient (Wildman–Crippen LogP) is 2.27. The molecule has 0 unspecified atom stereocenters. The first-order valence-corrected chi connectivity index (χ1v) is 10.0. The number of pyridine rings is 2. The highest BCUT2D eigenvalue weighted by Gasteiger charge is 2.33. The van der Waals surface area contributed by atoms with E-state index in [1.165, 1.54) is 24.5 Å². The molecule has 0 spiro atoms. The molecule has 3 aromatic rings. The maximum absolute atomic E-state index is 14.3. The summed E-state index contributed by atoms with van der Waals surface area (Å²) in [4.78, 5) is 20.6. The number of benzene rings is 1. The Hall–Kier alpha value is -3.80. The van der Waals surface area contributed by atoms with Gasteiger partial charge in [0.1, 0.15) is 46.8 Å². The number of aliphatic hydroxyl groups excluding tert-OH is 3. The van der Waals surface area contributed by atoms with Crippen LogP contribution in [-0.4, -0.2) is 56.1 Å². The van der Waals surface area contributed by atoms with Crippen molar-refractivity contribution in [2.75, 3.05) is 11.9 Å². The zero-order valence-corrected chi connectivity index (χ0v) is 17.3. The van der Waals surface area contributed by atoms with Crippen molar-refractivity contribution in [3.05, 3.63) is 83.6 Å². The van der Waals surface area contributed by atoms with Gasteiger partial charge in [-0.3, -0.25) is 9.78 Å². The van der Waals surface area contributed by atoms with Crippen LogP contribution in [0.4, 0.5) is 18.9 Å². The third-order valence-corrected chi connectivity index (χ3v) is 5.12. The standard InChI is InChI=1S/C23H18F3N3O5/c24-12-2-1-3-13(25)20(12)21-14(26)4-5-15(28-21)23(33)29-16-9-27-7-6-11(16)18-8-17(31)22(32)19(10-30)34-18/h1-9,17,19,22,30-32H,10H2,(H,29,33)/t17-,19-,22+/m1/s1. The van der Waals surface area contributed by atoms with E-state index in [4.69, 9.17) is 4.74 Å². The SMILES string of the molecule is O=C(Nc1cnccc1C1=C[C@@H](O)[C@H](O)[C@@H](CO)O1)c1ccc(F)c(-c2c(F)cccc2F)n1. The van der Waals surface area contributed by atoms with E-state index in [1.807, 2.05) is 0 Å². The zero-order valence-electron chi connectivity index (χ0n) is 17.3. The Morgan fingerprint density at radius 1 is 1.06 bits per heavy atom. The molecule has 0 fully saturated rings. The number of nitrogens with zero attached hydrogens (tertiary/aromatic N) is 2. The summed E-state index contributed by atoms with van der Waals surface area (Å²) in [6, 6.07) is 6.36. The first-order chi connectivity index (χ1) is 16.3. The molecular formula is C23H18F3N3O5. The van der Waals surface area contributed by atoms with E-state index in [2.05, 4.69) is 15.3 Å². The highest BCUT2D eigenvalue weighted by atomic mass is 19.1. The lowest BCUT2D eigenvalue weighted by Crippen LogP contribution is -2.43. The van der Waals surface area contributed by atoms with Crippen LogP contribution in [0.15, 0.2) is 54.9 Å². The summed E-state index contributed by atoms with van der Waals surface area (Å²) in [6.45, 7) is -0.572. The van der Waals surface area contributed by atoms with Crippen LogP contribution in [0.3, 0.4) is 0 Å². The minimum atomic E-state index is -1.35. The number of carbonyl (C=O) groups excluding carboxylic acids is 1. The Bertz CT molecular complexity index is 1250. The molecule has 0 aliphatic carbocycles. The number of aliphatic hydroxyl groups is 3. The molecule has 3 heterocycles. The van der Waals surface area contributed by atoms with Crippen molar-refractivity contribution in [3.8, 4) is 11.3 Å². The topological polar surface area (TPSA) is 125 Å². The van der Waals surface area contributed by atoms with Gasteiger partial charge in [-0.1, -0.05) is 6.07 Å². The lowest BCUT2D eigenvalue weighted by Gasteiger charge is -2.31. The van der Waals surface area contributed by atoms with E-state index in [0.29, 0.717) is 0 Å². The Morgan fingerprint density at radius 3 is 2.50 bits per heavy atom. The van der Waals surface area contributed by atoms with Gasteiger partial charge in [-0.25, -0.2) is 18.2 Å². The van der Waals surface area contributed by atoms with Gasteiger partial charge >= 0.3 is 0 Å². The van der Waals surface area contributed by atoms with E-state index >= 15 is 0 Å². The summed E-state index contributed by atoms with van der Waals surface area (Å²) in [5.41, 5.74) is -1.36. The fourth-order valence-corrected chi connectivity index (χ4v) is 3.41. The summed E-state index contributed by atoms with van der Waals surface area (Å²) in [6.07, 6.45) is 0.0591.